The highest BCUT2D eigenvalue weighted by molar-refractivity contribution is 7.99. The molecule has 0 spiro atoms. The number of aromatic nitrogens is 3. The standard InChI is InChI=1S/C22H19ClN4O3S/c1-29-18-10-9-16(12-17(18)23)24-20(28)14-31-22-26-25-21(19-8-5-11-30-19)27(22)13-15-6-3-2-4-7-15/h2-12H,13-14H2,1H3,(H,24,28). The van der Waals surface area contributed by atoms with E-state index in [-0.39, 0.29) is 11.7 Å². The summed E-state index contributed by atoms with van der Waals surface area (Å²) in [6.07, 6.45) is 1.59. The first-order valence-electron chi connectivity index (χ1n) is 9.41. The number of amides is 1. The van der Waals surface area contributed by atoms with Gasteiger partial charge in [0.25, 0.3) is 0 Å². The van der Waals surface area contributed by atoms with Gasteiger partial charge in [-0.25, -0.2) is 0 Å². The van der Waals surface area contributed by atoms with Crippen molar-refractivity contribution in [2.75, 3.05) is 18.2 Å². The predicted octanol–water partition coefficient (Wildman–Crippen LogP) is 4.98. The average molecular weight is 455 g/mol. The van der Waals surface area contributed by atoms with Gasteiger partial charge in [-0.3, -0.25) is 9.36 Å². The summed E-state index contributed by atoms with van der Waals surface area (Å²) in [5.41, 5.74) is 1.69. The Morgan fingerprint density at radius 1 is 1.16 bits per heavy atom. The third kappa shape index (κ3) is 5.10. The van der Waals surface area contributed by atoms with Crippen molar-refractivity contribution < 1.29 is 13.9 Å². The van der Waals surface area contributed by atoms with Crippen LogP contribution in [0.1, 0.15) is 5.56 Å². The summed E-state index contributed by atoms with van der Waals surface area (Å²) in [7, 11) is 1.54. The lowest BCUT2D eigenvalue weighted by atomic mass is 10.2. The SMILES string of the molecule is COc1ccc(NC(=O)CSc2nnc(-c3ccco3)n2Cc2ccccc2)cc1Cl. The minimum absolute atomic E-state index is 0.161. The van der Waals surface area contributed by atoms with Gasteiger partial charge in [0.05, 0.1) is 30.7 Å². The average Bonchev–Trinajstić information content (AvgIpc) is 3.43. The second kappa shape index (κ2) is 9.72. The molecule has 158 valence electrons. The summed E-state index contributed by atoms with van der Waals surface area (Å²) in [5, 5.41) is 12.4. The van der Waals surface area contributed by atoms with Crippen LogP contribution >= 0.6 is 23.4 Å². The van der Waals surface area contributed by atoms with Crippen LogP contribution in [0, 0.1) is 0 Å². The molecule has 0 atom stereocenters. The molecule has 0 saturated heterocycles. The molecule has 2 heterocycles. The third-order valence-corrected chi connectivity index (χ3v) is 5.67. The van der Waals surface area contributed by atoms with Crippen LogP contribution in [0.2, 0.25) is 5.02 Å². The molecule has 0 aliphatic heterocycles. The lowest BCUT2D eigenvalue weighted by Gasteiger charge is -2.10. The summed E-state index contributed by atoms with van der Waals surface area (Å²) in [6.45, 7) is 0.557. The topological polar surface area (TPSA) is 82.2 Å². The lowest BCUT2D eigenvalue weighted by molar-refractivity contribution is -0.113. The maximum Gasteiger partial charge on any atom is 0.234 e. The fraction of sp³-hybridized carbons (Fsp3) is 0.136. The summed E-state index contributed by atoms with van der Waals surface area (Å²) >= 11 is 7.42. The number of methoxy groups -OCH3 is 1. The number of hydrogen-bond acceptors (Lipinski definition) is 6. The van der Waals surface area contributed by atoms with Gasteiger partial charge < -0.3 is 14.5 Å². The van der Waals surface area contributed by atoms with Gasteiger partial charge in [0.2, 0.25) is 11.7 Å². The summed E-state index contributed by atoms with van der Waals surface area (Å²) < 4.78 is 12.6. The van der Waals surface area contributed by atoms with Gasteiger partial charge in [-0.2, -0.15) is 0 Å². The smallest absolute Gasteiger partial charge is 0.234 e. The normalized spacial score (nSPS) is 10.8. The number of anilines is 1. The predicted molar refractivity (Wildman–Crippen MR) is 121 cm³/mol. The Hall–Kier alpha value is -3.23. The molecule has 2 aromatic carbocycles. The molecule has 0 aliphatic carbocycles. The molecule has 2 aromatic heterocycles. The molecule has 4 aromatic rings. The van der Waals surface area contributed by atoms with E-state index < -0.39 is 0 Å². The van der Waals surface area contributed by atoms with E-state index in [1.165, 1.54) is 11.8 Å². The first-order valence-corrected chi connectivity index (χ1v) is 10.8. The number of hydrogen-bond donors (Lipinski definition) is 1. The number of rotatable bonds is 8. The maximum atomic E-state index is 12.5. The minimum Gasteiger partial charge on any atom is -0.495 e. The van der Waals surface area contributed by atoms with E-state index in [2.05, 4.69) is 15.5 Å². The zero-order valence-corrected chi connectivity index (χ0v) is 18.2. The van der Waals surface area contributed by atoms with Crippen molar-refractivity contribution in [3.05, 3.63) is 77.5 Å². The van der Waals surface area contributed by atoms with Crippen molar-refractivity contribution >= 4 is 35.0 Å². The molecule has 31 heavy (non-hydrogen) atoms. The van der Waals surface area contributed by atoms with Gasteiger partial charge in [0.1, 0.15) is 5.75 Å². The molecule has 0 fully saturated rings. The van der Waals surface area contributed by atoms with E-state index in [9.17, 15) is 4.79 Å². The van der Waals surface area contributed by atoms with E-state index in [1.54, 1.807) is 37.6 Å². The Morgan fingerprint density at radius 2 is 2.00 bits per heavy atom. The second-order valence-electron chi connectivity index (χ2n) is 6.54. The van der Waals surface area contributed by atoms with E-state index in [1.807, 2.05) is 41.0 Å². The highest BCUT2D eigenvalue weighted by Crippen LogP contribution is 2.28. The Labute approximate surface area is 188 Å². The number of thioether (sulfide) groups is 1. The number of nitrogens with zero attached hydrogens (tertiary/aromatic N) is 3. The van der Waals surface area contributed by atoms with Crippen molar-refractivity contribution in [3.63, 3.8) is 0 Å². The number of ether oxygens (including phenoxy) is 1. The van der Waals surface area contributed by atoms with Crippen molar-refractivity contribution in [1.82, 2.24) is 14.8 Å². The van der Waals surface area contributed by atoms with Crippen LogP contribution in [0.25, 0.3) is 11.6 Å². The third-order valence-electron chi connectivity index (χ3n) is 4.41. The Balaban J connectivity index is 1.49. The lowest BCUT2D eigenvalue weighted by Crippen LogP contribution is -2.15. The molecular formula is C22H19ClN4O3S. The molecule has 0 unspecified atom stereocenters. The van der Waals surface area contributed by atoms with Crippen molar-refractivity contribution in [2.45, 2.75) is 11.7 Å². The highest BCUT2D eigenvalue weighted by Gasteiger charge is 2.18. The van der Waals surface area contributed by atoms with Crippen molar-refractivity contribution in [1.29, 1.82) is 0 Å². The monoisotopic (exact) mass is 454 g/mol. The van der Waals surface area contributed by atoms with E-state index in [0.29, 0.717) is 39.7 Å². The van der Waals surface area contributed by atoms with Gasteiger partial charge in [0.15, 0.2) is 10.9 Å². The van der Waals surface area contributed by atoms with Gasteiger partial charge in [0, 0.05) is 5.69 Å². The fourth-order valence-corrected chi connectivity index (χ4v) is 3.96. The number of carbonyl (C=O) groups is 1. The molecule has 9 heteroatoms. The van der Waals surface area contributed by atoms with Crippen molar-refractivity contribution in [3.8, 4) is 17.3 Å². The van der Waals surface area contributed by atoms with Crippen LogP contribution in [-0.2, 0) is 11.3 Å². The van der Waals surface area contributed by atoms with Gasteiger partial charge >= 0.3 is 0 Å². The van der Waals surface area contributed by atoms with E-state index in [0.717, 1.165) is 5.56 Å². The summed E-state index contributed by atoms with van der Waals surface area (Å²) in [5.74, 6) is 1.76. The molecule has 0 bridgehead atoms. The molecule has 1 N–H and O–H groups in total. The van der Waals surface area contributed by atoms with Crippen LogP contribution in [0.15, 0.2) is 76.5 Å². The largest absolute Gasteiger partial charge is 0.495 e. The number of furan rings is 1. The Kier molecular flexibility index (Phi) is 6.59. The molecule has 0 saturated carbocycles. The van der Waals surface area contributed by atoms with E-state index >= 15 is 0 Å². The zero-order chi connectivity index (χ0) is 21.6. The molecular weight excluding hydrogens is 436 g/mol. The maximum absolute atomic E-state index is 12.5. The fourth-order valence-electron chi connectivity index (χ4n) is 2.96. The summed E-state index contributed by atoms with van der Waals surface area (Å²) in [4.78, 5) is 12.5. The highest BCUT2D eigenvalue weighted by atomic mass is 35.5. The summed E-state index contributed by atoms with van der Waals surface area (Å²) in [6, 6.07) is 18.7. The number of benzene rings is 2. The van der Waals surface area contributed by atoms with Crippen molar-refractivity contribution in [2.24, 2.45) is 0 Å². The first kappa shape index (κ1) is 21.0. The second-order valence-corrected chi connectivity index (χ2v) is 7.89. The van der Waals surface area contributed by atoms with Crippen LogP contribution in [0.3, 0.4) is 0 Å². The minimum atomic E-state index is -0.181. The van der Waals surface area contributed by atoms with Gasteiger partial charge in [-0.15, -0.1) is 10.2 Å². The van der Waals surface area contributed by atoms with Gasteiger partial charge in [-0.1, -0.05) is 53.7 Å². The number of carbonyl (C=O) groups excluding carboxylic acids is 1. The quantitative estimate of drug-likeness (QED) is 0.378. The molecule has 4 rings (SSSR count). The van der Waals surface area contributed by atoms with Crippen LogP contribution in [-0.4, -0.2) is 33.5 Å². The van der Waals surface area contributed by atoms with Gasteiger partial charge in [-0.05, 0) is 35.9 Å². The first-order chi connectivity index (χ1) is 15.1. The van der Waals surface area contributed by atoms with Crippen LogP contribution in [0.5, 0.6) is 5.75 Å². The number of nitrogens with one attached hydrogen (secondary N) is 1. The molecule has 0 radical (unpaired) electrons. The molecule has 7 nitrogen and oxygen atoms in total. The van der Waals surface area contributed by atoms with E-state index in [4.69, 9.17) is 20.8 Å². The Morgan fingerprint density at radius 3 is 2.71 bits per heavy atom. The molecule has 0 aliphatic rings. The zero-order valence-electron chi connectivity index (χ0n) is 16.6. The van der Waals surface area contributed by atoms with Crippen LogP contribution < -0.4 is 10.1 Å². The molecule has 1 amide bonds. The van der Waals surface area contributed by atoms with Crippen LogP contribution in [0.4, 0.5) is 5.69 Å². The number of halogens is 1. The Bertz CT molecular complexity index is 1160.